The van der Waals surface area contributed by atoms with Gasteiger partial charge in [0.15, 0.2) is 0 Å². The molecule has 22 heavy (non-hydrogen) atoms. The molecule has 1 fully saturated rings. The predicted octanol–water partition coefficient (Wildman–Crippen LogP) is -0.163. The van der Waals surface area contributed by atoms with E-state index in [1.165, 1.54) is 7.05 Å². The van der Waals surface area contributed by atoms with Crippen LogP contribution in [0.25, 0.3) is 0 Å². The molecule has 1 heterocycles. The van der Waals surface area contributed by atoms with Gasteiger partial charge < -0.3 is 15.4 Å². The van der Waals surface area contributed by atoms with Gasteiger partial charge in [-0.1, -0.05) is 6.92 Å². The number of carboxylic acids is 1. The predicted molar refractivity (Wildman–Crippen MR) is 77.8 cm³/mol. The van der Waals surface area contributed by atoms with Crippen LogP contribution in [0.15, 0.2) is 15.8 Å². The van der Waals surface area contributed by atoms with Crippen molar-refractivity contribution in [1.82, 2.24) is 14.9 Å². The molecule has 3 N–H and O–H groups in total. The zero-order valence-corrected chi connectivity index (χ0v) is 12.5. The smallest absolute Gasteiger partial charge is 0.329 e. The summed E-state index contributed by atoms with van der Waals surface area (Å²) in [6.07, 6.45) is 3.03. The van der Waals surface area contributed by atoms with Gasteiger partial charge in [0, 0.05) is 13.2 Å². The number of nitrogens with zero attached hydrogens (tertiary/aromatic N) is 1. The van der Waals surface area contributed by atoms with Crippen LogP contribution in [0.4, 0.5) is 0 Å². The molecular formula is C14H19N3O5. The number of nitrogens with one attached hydrogen (secondary N) is 2. The van der Waals surface area contributed by atoms with Gasteiger partial charge >= 0.3 is 11.7 Å². The molecule has 0 spiro atoms. The zero-order valence-electron chi connectivity index (χ0n) is 12.5. The molecule has 0 radical (unpaired) electrons. The number of aliphatic carboxylic acids is 1. The van der Waals surface area contributed by atoms with Gasteiger partial charge in [0.05, 0.1) is 0 Å². The summed E-state index contributed by atoms with van der Waals surface area (Å²) in [7, 11) is 1.24. The van der Waals surface area contributed by atoms with E-state index in [1.807, 2.05) is 6.92 Å². The Labute approximate surface area is 126 Å². The number of hydrogen-bond acceptors (Lipinski definition) is 4. The summed E-state index contributed by atoms with van der Waals surface area (Å²) in [5.74, 6) is -1.48. The summed E-state index contributed by atoms with van der Waals surface area (Å²) in [6.45, 7) is 2.03. The van der Waals surface area contributed by atoms with Crippen molar-refractivity contribution in [2.45, 2.75) is 38.1 Å². The van der Waals surface area contributed by atoms with Gasteiger partial charge in [-0.25, -0.2) is 9.59 Å². The van der Waals surface area contributed by atoms with E-state index in [0.717, 1.165) is 10.8 Å². The van der Waals surface area contributed by atoms with Gasteiger partial charge in [-0.2, -0.15) is 0 Å². The first-order valence-electron chi connectivity index (χ1n) is 7.11. The Bertz CT molecular complexity index is 710. The fourth-order valence-corrected chi connectivity index (χ4v) is 2.66. The number of amides is 1. The van der Waals surface area contributed by atoms with E-state index in [2.05, 4.69) is 10.3 Å². The van der Waals surface area contributed by atoms with E-state index in [4.69, 9.17) is 0 Å². The first kappa shape index (κ1) is 16.0. The molecule has 0 aromatic carbocycles. The number of rotatable bonds is 3. The van der Waals surface area contributed by atoms with Crippen molar-refractivity contribution in [3.63, 3.8) is 0 Å². The standard InChI is InChI=1S/C14H19N3O5/c1-8-3-5-14(6-4-8,12(20)21)16-10(18)9-7-15-13(22)17(2)11(9)19/h7-8H,3-6H2,1-2H3,(H,15,22)(H,16,18)(H,20,21). The first-order valence-corrected chi connectivity index (χ1v) is 7.11. The SMILES string of the molecule is CC1CCC(NC(=O)c2c[nH]c(=O)n(C)c2=O)(C(=O)O)CC1. The lowest BCUT2D eigenvalue weighted by Crippen LogP contribution is -2.57. The molecule has 1 saturated carbocycles. The van der Waals surface area contributed by atoms with Crippen LogP contribution < -0.4 is 16.6 Å². The highest BCUT2D eigenvalue weighted by Crippen LogP contribution is 2.32. The summed E-state index contributed by atoms with van der Waals surface area (Å²) in [6, 6.07) is 0. The maximum atomic E-state index is 12.3. The van der Waals surface area contributed by atoms with Crippen molar-refractivity contribution in [2.75, 3.05) is 0 Å². The highest BCUT2D eigenvalue weighted by atomic mass is 16.4. The summed E-state index contributed by atoms with van der Waals surface area (Å²) >= 11 is 0. The molecule has 2 rings (SSSR count). The van der Waals surface area contributed by atoms with Gasteiger partial charge in [0.2, 0.25) is 0 Å². The Balaban J connectivity index is 2.30. The van der Waals surface area contributed by atoms with Crippen LogP contribution >= 0.6 is 0 Å². The highest BCUT2D eigenvalue weighted by molar-refractivity contribution is 5.97. The molecule has 1 aliphatic carbocycles. The second-order valence-electron chi connectivity index (χ2n) is 5.90. The van der Waals surface area contributed by atoms with Crippen LogP contribution in [0.5, 0.6) is 0 Å². The molecule has 1 aliphatic rings. The van der Waals surface area contributed by atoms with Crippen LogP contribution in [0, 0.1) is 5.92 Å². The molecule has 1 aromatic heterocycles. The van der Waals surface area contributed by atoms with E-state index in [-0.39, 0.29) is 5.56 Å². The van der Waals surface area contributed by atoms with Crippen molar-refractivity contribution in [2.24, 2.45) is 13.0 Å². The minimum absolute atomic E-state index is 0.277. The number of aromatic amines is 1. The maximum Gasteiger partial charge on any atom is 0.329 e. The Hall–Kier alpha value is -2.38. The Morgan fingerprint density at radius 3 is 2.50 bits per heavy atom. The molecule has 0 unspecified atom stereocenters. The molecular weight excluding hydrogens is 290 g/mol. The van der Waals surface area contributed by atoms with Gasteiger partial charge in [0.1, 0.15) is 11.1 Å². The van der Waals surface area contributed by atoms with Crippen LogP contribution in [0.3, 0.4) is 0 Å². The zero-order chi connectivity index (χ0) is 16.5. The summed E-state index contributed by atoms with van der Waals surface area (Å²) in [5.41, 5.74) is -3.03. The van der Waals surface area contributed by atoms with Gasteiger partial charge in [0.25, 0.3) is 11.5 Å². The minimum Gasteiger partial charge on any atom is -0.480 e. The lowest BCUT2D eigenvalue weighted by Gasteiger charge is -2.36. The number of hydrogen-bond donors (Lipinski definition) is 3. The molecule has 1 aromatic rings. The quantitative estimate of drug-likeness (QED) is 0.716. The summed E-state index contributed by atoms with van der Waals surface area (Å²) in [4.78, 5) is 49.4. The second-order valence-corrected chi connectivity index (χ2v) is 5.90. The van der Waals surface area contributed by atoms with Crippen molar-refractivity contribution in [3.05, 3.63) is 32.6 Å². The van der Waals surface area contributed by atoms with Crippen LogP contribution in [-0.2, 0) is 11.8 Å². The van der Waals surface area contributed by atoms with Crippen LogP contribution in [-0.4, -0.2) is 32.1 Å². The third kappa shape index (κ3) is 2.81. The molecule has 120 valence electrons. The van der Waals surface area contributed by atoms with E-state index in [1.54, 1.807) is 0 Å². The van der Waals surface area contributed by atoms with Crippen molar-refractivity contribution in [1.29, 1.82) is 0 Å². The number of aromatic nitrogens is 2. The molecule has 0 bridgehead atoms. The average Bonchev–Trinajstić information content (AvgIpc) is 2.47. The maximum absolute atomic E-state index is 12.3. The molecule has 0 atom stereocenters. The Morgan fingerprint density at radius 1 is 1.36 bits per heavy atom. The number of carboxylic acid groups (broad SMARTS) is 1. The average molecular weight is 309 g/mol. The number of carbonyl (C=O) groups excluding carboxylic acids is 1. The monoisotopic (exact) mass is 309 g/mol. The lowest BCUT2D eigenvalue weighted by atomic mass is 9.77. The van der Waals surface area contributed by atoms with Crippen LogP contribution in [0.1, 0.15) is 43.0 Å². The van der Waals surface area contributed by atoms with Crippen molar-refractivity contribution < 1.29 is 14.7 Å². The largest absolute Gasteiger partial charge is 0.480 e. The van der Waals surface area contributed by atoms with Crippen LogP contribution in [0.2, 0.25) is 0 Å². The molecule has 0 saturated heterocycles. The number of carbonyl (C=O) groups is 2. The minimum atomic E-state index is -1.36. The molecule has 0 aliphatic heterocycles. The first-order chi connectivity index (χ1) is 10.3. The Kier molecular flexibility index (Phi) is 4.20. The van der Waals surface area contributed by atoms with Crippen molar-refractivity contribution >= 4 is 11.9 Å². The fourth-order valence-electron chi connectivity index (χ4n) is 2.66. The lowest BCUT2D eigenvalue weighted by molar-refractivity contribution is -0.146. The summed E-state index contributed by atoms with van der Waals surface area (Å²) in [5, 5.41) is 12.0. The van der Waals surface area contributed by atoms with Gasteiger partial charge in [-0.3, -0.25) is 14.2 Å². The van der Waals surface area contributed by atoms with E-state index in [9.17, 15) is 24.3 Å². The molecule has 8 nitrogen and oxygen atoms in total. The Morgan fingerprint density at radius 2 is 1.95 bits per heavy atom. The second kappa shape index (κ2) is 5.78. The highest BCUT2D eigenvalue weighted by Gasteiger charge is 2.42. The van der Waals surface area contributed by atoms with E-state index >= 15 is 0 Å². The van der Waals surface area contributed by atoms with Crippen molar-refractivity contribution in [3.8, 4) is 0 Å². The third-order valence-electron chi connectivity index (χ3n) is 4.31. The summed E-state index contributed by atoms with van der Waals surface area (Å²) < 4.78 is 0.769. The topological polar surface area (TPSA) is 121 Å². The molecule has 1 amide bonds. The number of H-pyrrole nitrogens is 1. The van der Waals surface area contributed by atoms with E-state index in [0.29, 0.717) is 31.6 Å². The normalized spacial score (nSPS) is 24.7. The molecule has 8 heteroatoms. The van der Waals surface area contributed by atoms with E-state index < -0.39 is 28.7 Å². The third-order valence-corrected chi connectivity index (χ3v) is 4.31. The van der Waals surface area contributed by atoms with Gasteiger partial charge in [-0.15, -0.1) is 0 Å². The fraction of sp³-hybridized carbons (Fsp3) is 0.571. The van der Waals surface area contributed by atoms with Gasteiger partial charge in [-0.05, 0) is 31.6 Å².